The second kappa shape index (κ2) is 10.4. The minimum absolute atomic E-state index is 0.200. The monoisotopic (exact) mass is 369 g/mol. The number of anilines is 1. The van der Waals surface area contributed by atoms with E-state index in [4.69, 9.17) is 9.47 Å². The van der Waals surface area contributed by atoms with Crippen molar-refractivity contribution >= 4 is 17.6 Å². The molecule has 0 aliphatic carbocycles. The molecular weight excluding hydrogens is 342 g/mol. The third-order valence-corrected chi connectivity index (χ3v) is 4.06. The molecule has 2 aromatic rings. The van der Waals surface area contributed by atoms with Gasteiger partial charge in [0, 0.05) is 11.3 Å². The maximum atomic E-state index is 12.3. The molecule has 2 aromatic carbocycles. The van der Waals surface area contributed by atoms with Crippen molar-refractivity contribution in [3.8, 4) is 5.75 Å². The molecule has 0 radical (unpaired) electrons. The van der Waals surface area contributed by atoms with Gasteiger partial charge in [0.15, 0.2) is 6.10 Å². The van der Waals surface area contributed by atoms with Gasteiger partial charge in [-0.05, 0) is 56.7 Å². The molecule has 0 saturated carbocycles. The van der Waals surface area contributed by atoms with Gasteiger partial charge in [0.05, 0.1) is 6.61 Å². The van der Waals surface area contributed by atoms with Crippen LogP contribution in [0, 0.1) is 6.92 Å². The van der Waals surface area contributed by atoms with E-state index >= 15 is 0 Å². The van der Waals surface area contributed by atoms with Crippen LogP contribution in [0.1, 0.15) is 49.0 Å². The Kier molecular flexibility index (Phi) is 7.86. The van der Waals surface area contributed by atoms with Gasteiger partial charge in [-0.15, -0.1) is 0 Å². The van der Waals surface area contributed by atoms with Crippen LogP contribution in [0.25, 0.3) is 0 Å². The van der Waals surface area contributed by atoms with Gasteiger partial charge in [-0.25, -0.2) is 4.79 Å². The summed E-state index contributed by atoms with van der Waals surface area (Å²) in [6.45, 7) is 6.16. The summed E-state index contributed by atoms with van der Waals surface area (Å²) in [5.74, 6) is -0.0685. The van der Waals surface area contributed by atoms with Crippen LogP contribution in [0.2, 0.25) is 0 Å². The molecule has 0 aromatic heterocycles. The van der Waals surface area contributed by atoms with Crippen LogP contribution in [-0.2, 0) is 9.53 Å². The second-order valence-electron chi connectivity index (χ2n) is 6.48. The van der Waals surface area contributed by atoms with Gasteiger partial charge in [-0.1, -0.05) is 37.5 Å². The molecule has 0 spiro atoms. The number of amides is 1. The van der Waals surface area contributed by atoms with Crippen molar-refractivity contribution in [1.29, 1.82) is 0 Å². The summed E-state index contributed by atoms with van der Waals surface area (Å²) in [4.78, 5) is 24.2. The number of rotatable bonds is 9. The molecule has 0 aliphatic heterocycles. The van der Waals surface area contributed by atoms with Gasteiger partial charge in [0.1, 0.15) is 5.75 Å². The lowest BCUT2D eigenvalue weighted by atomic mass is 10.2. The SMILES string of the molecule is CCCCCOC(=O)[C@@H](C)Oc1ccc(C(=O)Nc2ccc(C)cc2)cc1. The van der Waals surface area contributed by atoms with Crippen molar-refractivity contribution in [2.75, 3.05) is 11.9 Å². The lowest BCUT2D eigenvalue weighted by Crippen LogP contribution is -2.26. The predicted octanol–water partition coefficient (Wildman–Crippen LogP) is 4.75. The quantitative estimate of drug-likeness (QED) is 0.512. The molecule has 0 aliphatic rings. The first-order valence-corrected chi connectivity index (χ1v) is 9.31. The molecule has 0 unspecified atom stereocenters. The average molecular weight is 369 g/mol. The van der Waals surface area contributed by atoms with Crippen LogP contribution in [0.4, 0.5) is 5.69 Å². The van der Waals surface area contributed by atoms with Crippen molar-refractivity contribution in [2.24, 2.45) is 0 Å². The highest BCUT2D eigenvalue weighted by molar-refractivity contribution is 6.04. The number of benzene rings is 2. The smallest absolute Gasteiger partial charge is 0.347 e. The number of hydrogen-bond acceptors (Lipinski definition) is 4. The van der Waals surface area contributed by atoms with E-state index in [2.05, 4.69) is 12.2 Å². The molecule has 1 amide bonds. The number of carbonyl (C=O) groups excluding carboxylic acids is 2. The van der Waals surface area contributed by atoms with Crippen LogP contribution < -0.4 is 10.1 Å². The normalized spacial score (nSPS) is 11.5. The Morgan fingerprint density at radius 1 is 1.00 bits per heavy atom. The maximum Gasteiger partial charge on any atom is 0.347 e. The van der Waals surface area contributed by atoms with Crippen molar-refractivity contribution < 1.29 is 19.1 Å². The van der Waals surface area contributed by atoms with E-state index in [9.17, 15) is 9.59 Å². The largest absolute Gasteiger partial charge is 0.479 e. The Labute approximate surface area is 160 Å². The highest BCUT2D eigenvalue weighted by atomic mass is 16.6. The summed E-state index contributed by atoms with van der Waals surface area (Å²) >= 11 is 0. The molecule has 0 fully saturated rings. The zero-order chi connectivity index (χ0) is 19.6. The standard InChI is InChI=1S/C22H27NO4/c1-4-5-6-15-26-22(25)17(3)27-20-13-9-18(10-14-20)21(24)23-19-11-7-16(2)8-12-19/h7-14,17H,4-6,15H2,1-3H3,(H,23,24)/t17-/m1/s1. The first-order chi connectivity index (χ1) is 13.0. The Morgan fingerprint density at radius 3 is 2.30 bits per heavy atom. The van der Waals surface area contributed by atoms with Crippen molar-refractivity contribution in [3.63, 3.8) is 0 Å². The Morgan fingerprint density at radius 2 is 1.67 bits per heavy atom. The maximum absolute atomic E-state index is 12.3. The fourth-order valence-corrected chi connectivity index (χ4v) is 2.42. The van der Waals surface area contributed by atoms with Crippen LogP contribution in [0.3, 0.4) is 0 Å². The summed E-state index contributed by atoms with van der Waals surface area (Å²) in [7, 11) is 0. The number of hydrogen-bond donors (Lipinski definition) is 1. The van der Waals surface area contributed by atoms with E-state index in [-0.39, 0.29) is 11.9 Å². The molecule has 27 heavy (non-hydrogen) atoms. The van der Waals surface area contributed by atoms with E-state index in [0.29, 0.717) is 17.9 Å². The number of esters is 1. The Hall–Kier alpha value is -2.82. The fraction of sp³-hybridized carbons (Fsp3) is 0.364. The summed E-state index contributed by atoms with van der Waals surface area (Å²) in [5.41, 5.74) is 2.38. The van der Waals surface area contributed by atoms with E-state index in [0.717, 1.165) is 30.5 Å². The third-order valence-electron chi connectivity index (χ3n) is 4.06. The summed E-state index contributed by atoms with van der Waals surface area (Å²) < 4.78 is 10.8. The first kappa shape index (κ1) is 20.5. The second-order valence-corrected chi connectivity index (χ2v) is 6.48. The van der Waals surface area contributed by atoms with Gasteiger partial charge < -0.3 is 14.8 Å². The first-order valence-electron chi connectivity index (χ1n) is 9.31. The molecule has 144 valence electrons. The minimum atomic E-state index is -0.695. The van der Waals surface area contributed by atoms with Gasteiger partial charge in [0.2, 0.25) is 0 Å². The van der Waals surface area contributed by atoms with Gasteiger partial charge in [0.25, 0.3) is 5.91 Å². The summed E-state index contributed by atoms with van der Waals surface area (Å²) in [6, 6.07) is 14.3. The highest BCUT2D eigenvalue weighted by Gasteiger charge is 2.16. The van der Waals surface area contributed by atoms with Gasteiger partial charge in [-0.3, -0.25) is 4.79 Å². The number of aryl methyl sites for hydroxylation is 1. The molecular formula is C22H27NO4. The van der Waals surface area contributed by atoms with E-state index < -0.39 is 6.10 Å². The zero-order valence-electron chi connectivity index (χ0n) is 16.2. The number of carbonyl (C=O) groups is 2. The molecule has 0 heterocycles. The molecule has 5 heteroatoms. The van der Waals surface area contributed by atoms with Crippen molar-refractivity contribution in [3.05, 3.63) is 59.7 Å². The number of unbranched alkanes of at least 4 members (excludes halogenated alkanes) is 2. The van der Waals surface area contributed by atoms with E-state index in [1.54, 1.807) is 31.2 Å². The third kappa shape index (κ3) is 6.77. The molecule has 1 N–H and O–H groups in total. The molecule has 2 rings (SSSR count). The Balaban J connectivity index is 1.85. The minimum Gasteiger partial charge on any atom is -0.479 e. The topological polar surface area (TPSA) is 64.6 Å². The summed E-state index contributed by atoms with van der Waals surface area (Å²) in [5, 5.41) is 2.84. The van der Waals surface area contributed by atoms with Gasteiger partial charge in [-0.2, -0.15) is 0 Å². The molecule has 1 atom stereocenters. The molecule has 0 saturated heterocycles. The van der Waals surface area contributed by atoms with Crippen molar-refractivity contribution in [1.82, 2.24) is 0 Å². The average Bonchev–Trinajstić information content (AvgIpc) is 2.67. The molecule has 5 nitrogen and oxygen atoms in total. The lowest BCUT2D eigenvalue weighted by molar-refractivity contribution is -0.151. The lowest BCUT2D eigenvalue weighted by Gasteiger charge is -2.14. The van der Waals surface area contributed by atoms with Gasteiger partial charge >= 0.3 is 5.97 Å². The van der Waals surface area contributed by atoms with Crippen LogP contribution in [0.15, 0.2) is 48.5 Å². The fourth-order valence-electron chi connectivity index (χ4n) is 2.42. The zero-order valence-corrected chi connectivity index (χ0v) is 16.2. The van der Waals surface area contributed by atoms with E-state index in [1.807, 2.05) is 31.2 Å². The number of ether oxygens (including phenoxy) is 2. The van der Waals surface area contributed by atoms with Crippen LogP contribution >= 0.6 is 0 Å². The predicted molar refractivity (Wildman–Crippen MR) is 106 cm³/mol. The molecule has 0 bridgehead atoms. The van der Waals surface area contributed by atoms with Crippen LogP contribution in [-0.4, -0.2) is 24.6 Å². The van der Waals surface area contributed by atoms with Crippen LogP contribution in [0.5, 0.6) is 5.75 Å². The summed E-state index contributed by atoms with van der Waals surface area (Å²) in [6.07, 6.45) is 2.28. The highest BCUT2D eigenvalue weighted by Crippen LogP contribution is 2.16. The Bertz CT molecular complexity index is 738. The number of nitrogens with one attached hydrogen (secondary N) is 1. The van der Waals surface area contributed by atoms with E-state index in [1.165, 1.54) is 0 Å². The van der Waals surface area contributed by atoms with Crippen molar-refractivity contribution in [2.45, 2.75) is 46.1 Å².